The summed E-state index contributed by atoms with van der Waals surface area (Å²) in [5.41, 5.74) is 4.11. The minimum Gasteiger partial charge on any atom is -0.0890 e. The molecule has 1 saturated carbocycles. The van der Waals surface area contributed by atoms with Gasteiger partial charge in [0.25, 0.3) is 0 Å². The molecule has 0 aliphatic heterocycles. The lowest BCUT2D eigenvalue weighted by molar-refractivity contribution is 0.726. The van der Waals surface area contributed by atoms with Crippen LogP contribution in [0.3, 0.4) is 0 Å². The molecule has 0 saturated heterocycles. The summed E-state index contributed by atoms with van der Waals surface area (Å²) in [5, 5.41) is 0. The molecule has 0 spiro atoms. The minimum atomic E-state index is 0.719. The van der Waals surface area contributed by atoms with Gasteiger partial charge in [-0.3, -0.25) is 0 Å². The Hall–Kier alpha value is -1.08. The molecule has 1 heteroatoms. The van der Waals surface area contributed by atoms with Crippen LogP contribution in [0, 0.1) is 0 Å². The zero-order valence-electron chi connectivity index (χ0n) is 10.4. The van der Waals surface area contributed by atoms with Crippen molar-refractivity contribution in [1.29, 1.82) is 0 Å². The first-order valence-corrected chi connectivity index (χ1v) is 7.54. The first-order chi connectivity index (χ1) is 8.83. The third kappa shape index (κ3) is 2.51. The van der Waals surface area contributed by atoms with Crippen LogP contribution in [0.4, 0.5) is 0 Å². The fourth-order valence-corrected chi connectivity index (χ4v) is 3.52. The highest BCUT2D eigenvalue weighted by Gasteiger charge is 2.23. The number of halogens is 1. The second-order valence-electron chi connectivity index (χ2n) is 5.10. The van der Waals surface area contributed by atoms with E-state index >= 15 is 0 Å². The quantitative estimate of drug-likeness (QED) is 0.653. The van der Waals surface area contributed by atoms with Crippen LogP contribution < -0.4 is 0 Å². The zero-order chi connectivity index (χ0) is 12.4. The van der Waals surface area contributed by atoms with Crippen molar-refractivity contribution < 1.29 is 0 Å². The Bertz CT molecular complexity index is 501. The van der Waals surface area contributed by atoms with Crippen molar-refractivity contribution in [2.24, 2.45) is 0 Å². The third-order valence-electron chi connectivity index (χ3n) is 3.86. The van der Waals surface area contributed by atoms with Crippen LogP contribution in [0.5, 0.6) is 0 Å². The molecule has 2 aromatic carbocycles. The maximum atomic E-state index is 3.73. The molecular formula is C17H17Br. The van der Waals surface area contributed by atoms with E-state index in [1.54, 1.807) is 0 Å². The molecule has 0 radical (unpaired) electrons. The Morgan fingerprint density at radius 3 is 2.06 bits per heavy atom. The fraction of sp³-hybridized carbons (Fsp3) is 0.294. The van der Waals surface area contributed by atoms with Crippen molar-refractivity contribution in [3.63, 3.8) is 0 Å². The van der Waals surface area contributed by atoms with E-state index in [9.17, 15) is 0 Å². The maximum Gasteiger partial charge on any atom is 0.0151 e. The van der Waals surface area contributed by atoms with E-state index in [4.69, 9.17) is 0 Å². The number of rotatable bonds is 2. The highest BCUT2D eigenvalue weighted by atomic mass is 79.9. The molecular weight excluding hydrogens is 284 g/mol. The van der Waals surface area contributed by atoms with Gasteiger partial charge in [-0.2, -0.15) is 0 Å². The van der Waals surface area contributed by atoms with Gasteiger partial charge in [0.2, 0.25) is 0 Å². The van der Waals surface area contributed by atoms with Crippen molar-refractivity contribution in [2.75, 3.05) is 0 Å². The molecule has 0 heterocycles. The molecule has 2 unspecified atom stereocenters. The standard InChI is InChI=1S/C17H17Br/c18-17-11-10-16(12-17)15-8-6-14(7-9-15)13-4-2-1-3-5-13/h1-9,16-17H,10-12H2. The van der Waals surface area contributed by atoms with Gasteiger partial charge in [-0.25, -0.2) is 0 Å². The van der Waals surface area contributed by atoms with Gasteiger partial charge in [-0.1, -0.05) is 70.5 Å². The summed E-state index contributed by atoms with van der Waals surface area (Å²) in [4.78, 5) is 0.719. The van der Waals surface area contributed by atoms with Crippen molar-refractivity contribution in [2.45, 2.75) is 30.0 Å². The number of benzene rings is 2. The highest BCUT2D eigenvalue weighted by molar-refractivity contribution is 9.09. The van der Waals surface area contributed by atoms with E-state index in [1.165, 1.54) is 36.0 Å². The Balaban J connectivity index is 1.81. The Morgan fingerprint density at radius 2 is 1.44 bits per heavy atom. The average Bonchev–Trinajstić information content (AvgIpc) is 2.87. The fourth-order valence-electron chi connectivity index (χ4n) is 2.81. The molecule has 18 heavy (non-hydrogen) atoms. The molecule has 2 aromatic rings. The van der Waals surface area contributed by atoms with Crippen LogP contribution >= 0.6 is 15.9 Å². The number of hydrogen-bond donors (Lipinski definition) is 0. The summed E-state index contributed by atoms with van der Waals surface area (Å²) in [7, 11) is 0. The average molecular weight is 301 g/mol. The summed E-state index contributed by atoms with van der Waals surface area (Å²) in [5.74, 6) is 0.749. The van der Waals surface area contributed by atoms with Gasteiger partial charge in [-0.05, 0) is 41.9 Å². The van der Waals surface area contributed by atoms with Gasteiger partial charge in [0.1, 0.15) is 0 Å². The molecule has 0 aromatic heterocycles. The van der Waals surface area contributed by atoms with Crippen LogP contribution in [0.25, 0.3) is 11.1 Å². The van der Waals surface area contributed by atoms with E-state index in [2.05, 4.69) is 70.5 Å². The van der Waals surface area contributed by atoms with E-state index in [0.29, 0.717) is 0 Å². The molecule has 3 rings (SSSR count). The lowest BCUT2D eigenvalue weighted by atomic mass is 9.95. The van der Waals surface area contributed by atoms with Crippen LogP contribution in [0.1, 0.15) is 30.7 Å². The maximum absolute atomic E-state index is 3.73. The van der Waals surface area contributed by atoms with Crippen LogP contribution in [-0.2, 0) is 0 Å². The minimum absolute atomic E-state index is 0.719. The van der Waals surface area contributed by atoms with Gasteiger partial charge in [0, 0.05) is 4.83 Å². The lowest BCUT2D eigenvalue weighted by Crippen LogP contribution is -1.94. The van der Waals surface area contributed by atoms with Crippen LogP contribution in [-0.4, -0.2) is 4.83 Å². The zero-order valence-corrected chi connectivity index (χ0v) is 11.9. The summed E-state index contributed by atoms with van der Waals surface area (Å²) in [6.07, 6.45) is 3.91. The molecule has 0 amide bonds. The van der Waals surface area contributed by atoms with E-state index in [0.717, 1.165) is 10.7 Å². The molecule has 1 aliphatic rings. The largest absolute Gasteiger partial charge is 0.0890 e. The van der Waals surface area contributed by atoms with Crippen molar-refractivity contribution in [1.82, 2.24) is 0 Å². The van der Waals surface area contributed by atoms with Crippen molar-refractivity contribution in [3.05, 3.63) is 60.2 Å². The summed E-state index contributed by atoms with van der Waals surface area (Å²) >= 11 is 3.73. The normalized spacial score (nSPS) is 23.2. The van der Waals surface area contributed by atoms with E-state index in [1.807, 2.05) is 0 Å². The van der Waals surface area contributed by atoms with Crippen molar-refractivity contribution in [3.8, 4) is 11.1 Å². The Morgan fingerprint density at radius 1 is 0.778 bits per heavy atom. The predicted octanol–water partition coefficient (Wildman–Crippen LogP) is 5.38. The second-order valence-corrected chi connectivity index (χ2v) is 6.39. The predicted molar refractivity (Wildman–Crippen MR) is 81.2 cm³/mol. The Kier molecular flexibility index (Phi) is 3.51. The molecule has 0 nitrogen and oxygen atoms in total. The molecule has 92 valence electrons. The van der Waals surface area contributed by atoms with E-state index < -0.39 is 0 Å². The van der Waals surface area contributed by atoms with Gasteiger partial charge < -0.3 is 0 Å². The van der Waals surface area contributed by atoms with E-state index in [-0.39, 0.29) is 0 Å². The molecule has 0 N–H and O–H groups in total. The van der Waals surface area contributed by atoms with Gasteiger partial charge >= 0.3 is 0 Å². The first-order valence-electron chi connectivity index (χ1n) is 6.62. The van der Waals surface area contributed by atoms with Gasteiger partial charge in [0.05, 0.1) is 0 Å². The van der Waals surface area contributed by atoms with Gasteiger partial charge in [-0.15, -0.1) is 0 Å². The Labute approximate surface area is 117 Å². The van der Waals surface area contributed by atoms with Crippen molar-refractivity contribution >= 4 is 15.9 Å². The smallest absolute Gasteiger partial charge is 0.0151 e. The summed E-state index contributed by atoms with van der Waals surface area (Å²) in [6, 6.07) is 19.7. The third-order valence-corrected chi connectivity index (χ3v) is 4.69. The second kappa shape index (κ2) is 5.27. The van der Waals surface area contributed by atoms with Gasteiger partial charge in [0.15, 0.2) is 0 Å². The summed E-state index contributed by atoms with van der Waals surface area (Å²) < 4.78 is 0. The van der Waals surface area contributed by atoms with Crippen LogP contribution in [0.15, 0.2) is 54.6 Å². The molecule has 1 aliphatic carbocycles. The summed E-state index contributed by atoms with van der Waals surface area (Å²) in [6.45, 7) is 0. The topological polar surface area (TPSA) is 0 Å². The van der Waals surface area contributed by atoms with Crippen LogP contribution in [0.2, 0.25) is 0 Å². The number of alkyl halides is 1. The molecule has 2 atom stereocenters. The molecule has 0 bridgehead atoms. The SMILES string of the molecule is BrC1CCC(c2ccc(-c3ccccc3)cc2)C1. The molecule has 1 fully saturated rings. The monoisotopic (exact) mass is 300 g/mol. The number of hydrogen-bond acceptors (Lipinski definition) is 0. The highest BCUT2D eigenvalue weighted by Crippen LogP contribution is 2.38. The lowest BCUT2D eigenvalue weighted by Gasteiger charge is -2.10. The first kappa shape index (κ1) is 12.0.